The van der Waals surface area contributed by atoms with E-state index in [1.54, 1.807) is 25.1 Å². The molecular weight excluding hydrogens is 502 g/mol. The molecule has 2 saturated heterocycles. The number of nitrogens with zero attached hydrogens (tertiary/aromatic N) is 3. The number of carbonyl (C=O) groups excluding carboxylic acids is 1. The van der Waals surface area contributed by atoms with Crippen molar-refractivity contribution in [3.05, 3.63) is 45.1 Å². The van der Waals surface area contributed by atoms with Crippen LogP contribution in [0.1, 0.15) is 91.5 Å². The Labute approximate surface area is 237 Å². The van der Waals surface area contributed by atoms with Crippen molar-refractivity contribution in [2.45, 2.75) is 116 Å². The van der Waals surface area contributed by atoms with Crippen molar-refractivity contribution < 1.29 is 9.53 Å². The van der Waals surface area contributed by atoms with E-state index in [0.29, 0.717) is 34.9 Å². The second kappa shape index (κ2) is 11.1. The van der Waals surface area contributed by atoms with E-state index in [1.165, 1.54) is 47.7 Å². The minimum Gasteiger partial charge on any atom is -0.465 e. The Kier molecular flexibility index (Phi) is 7.71. The minimum absolute atomic E-state index is 0.154. The van der Waals surface area contributed by atoms with Gasteiger partial charge in [0.2, 0.25) is 0 Å². The lowest BCUT2D eigenvalue weighted by atomic mass is 9.60. The SMILES string of the molecule is CCOC(=O)Cn1c(=O)n(C2C[C@@H]3CC[C@@H](C)[C@H](C2)N3C2C[C@@H]3CC(CC)[C@@H](C)[C@H](C2)C3)c(=O)c2ccccc21. The van der Waals surface area contributed by atoms with Gasteiger partial charge in [-0.3, -0.25) is 23.6 Å². The normalized spacial score (nSPS) is 36.0. The molecule has 2 aliphatic carbocycles. The molecule has 0 N–H and O–H groups in total. The maximum absolute atomic E-state index is 14.0. The first-order chi connectivity index (χ1) is 19.3. The number of carbonyl (C=O) groups is 1. The van der Waals surface area contributed by atoms with Gasteiger partial charge < -0.3 is 4.74 Å². The monoisotopic (exact) mass is 549 g/mol. The van der Waals surface area contributed by atoms with E-state index in [1.807, 2.05) is 6.07 Å². The van der Waals surface area contributed by atoms with E-state index in [9.17, 15) is 14.4 Å². The van der Waals surface area contributed by atoms with Crippen LogP contribution in [0.4, 0.5) is 0 Å². The van der Waals surface area contributed by atoms with Crippen molar-refractivity contribution >= 4 is 16.9 Å². The third-order valence-corrected chi connectivity index (χ3v) is 11.4. The van der Waals surface area contributed by atoms with E-state index in [4.69, 9.17) is 4.74 Å². The summed E-state index contributed by atoms with van der Waals surface area (Å²) in [6, 6.07) is 8.42. The molecule has 4 fully saturated rings. The van der Waals surface area contributed by atoms with Gasteiger partial charge in [0.15, 0.2) is 0 Å². The number of hydrogen-bond donors (Lipinski definition) is 0. The van der Waals surface area contributed by atoms with Gasteiger partial charge in [0.1, 0.15) is 6.54 Å². The Bertz CT molecular complexity index is 1360. The first-order valence-corrected chi connectivity index (χ1v) is 16.0. The summed E-state index contributed by atoms with van der Waals surface area (Å²) < 4.78 is 8.13. The molecule has 2 aromatic rings. The first-order valence-electron chi connectivity index (χ1n) is 16.0. The molecule has 4 aliphatic rings. The Morgan fingerprint density at radius 2 is 1.73 bits per heavy atom. The molecule has 0 spiro atoms. The highest BCUT2D eigenvalue weighted by molar-refractivity contribution is 5.80. The average molecular weight is 550 g/mol. The number of fused-ring (bicyclic) bond motifs is 5. The van der Waals surface area contributed by atoms with Crippen molar-refractivity contribution in [2.24, 2.45) is 29.6 Å². The number of esters is 1. The second-order valence-corrected chi connectivity index (χ2v) is 13.5. The molecule has 1 aromatic heterocycles. The molecule has 2 saturated carbocycles. The number of piperidine rings is 2. The molecule has 40 heavy (non-hydrogen) atoms. The van der Waals surface area contributed by atoms with Gasteiger partial charge in [-0.05, 0) is 100 Å². The fourth-order valence-corrected chi connectivity index (χ4v) is 9.46. The maximum atomic E-state index is 14.0. The van der Waals surface area contributed by atoms with Crippen LogP contribution in [0.2, 0.25) is 0 Å². The third kappa shape index (κ3) is 4.76. The summed E-state index contributed by atoms with van der Waals surface area (Å²) in [5, 5.41) is 0.492. The molecular formula is C33H47N3O4. The minimum atomic E-state index is -0.456. The van der Waals surface area contributed by atoms with Crippen LogP contribution in [-0.4, -0.2) is 44.7 Å². The van der Waals surface area contributed by atoms with Crippen LogP contribution in [0.15, 0.2) is 33.9 Å². The van der Waals surface area contributed by atoms with Gasteiger partial charge in [-0.1, -0.05) is 39.3 Å². The topological polar surface area (TPSA) is 73.5 Å². The lowest BCUT2D eigenvalue weighted by molar-refractivity contribution is -0.143. The summed E-state index contributed by atoms with van der Waals surface area (Å²) in [7, 11) is 0. The summed E-state index contributed by atoms with van der Waals surface area (Å²) in [4.78, 5) is 43.2. The van der Waals surface area contributed by atoms with E-state index in [2.05, 4.69) is 25.7 Å². The summed E-state index contributed by atoms with van der Waals surface area (Å²) in [5.74, 6) is 3.45. The highest BCUT2D eigenvalue weighted by Crippen LogP contribution is 2.51. The number of aromatic nitrogens is 2. The zero-order valence-electron chi connectivity index (χ0n) is 24.8. The summed E-state index contributed by atoms with van der Waals surface area (Å²) in [6.45, 7) is 9.07. The van der Waals surface area contributed by atoms with Gasteiger partial charge in [-0.25, -0.2) is 4.79 Å². The van der Waals surface area contributed by atoms with Gasteiger partial charge in [0, 0.05) is 24.2 Å². The number of benzene rings is 1. The Morgan fingerprint density at radius 1 is 0.925 bits per heavy atom. The smallest absolute Gasteiger partial charge is 0.332 e. The lowest BCUT2D eigenvalue weighted by Gasteiger charge is -2.58. The maximum Gasteiger partial charge on any atom is 0.332 e. The van der Waals surface area contributed by atoms with E-state index < -0.39 is 5.97 Å². The van der Waals surface area contributed by atoms with Crippen LogP contribution >= 0.6 is 0 Å². The van der Waals surface area contributed by atoms with Crippen molar-refractivity contribution in [3.8, 4) is 0 Å². The molecule has 2 aliphatic heterocycles. The third-order valence-electron chi connectivity index (χ3n) is 11.4. The number of ether oxygens (including phenoxy) is 1. The van der Waals surface area contributed by atoms with Crippen LogP contribution in [-0.2, 0) is 16.1 Å². The van der Waals surface area contributed by atoms with Crippen LogP contribution in [0.25, 0.3) is 10.9 Å². The molecule has 3 heterocycles. The quantitative estimate of drug-likeness (QED) is 0.453. The van der Waals surface area contributed by atoms with Gasteiger partial charge in [-0.15, -0.1) is 0 Å². The molecule has 6 rings (SSSR count). The van der Waals surface area contributed by atoms with Crippen LogP contribution in [0, 0.1) is 29.6 Å². The molecule has 4 bridgehead atoms. The number of para-hydroxylation sites is 1. The van der Waals surface area contributed by atoms with Gasteiger partial charge in [0.05, 0.1) is 17.5 Å². The second-order valence-electron chi connectivity index (χ2n) is 13.5. The van der Waals surface area contributed by atoms with Crippen molar-refractivity contribution in [3.63, 3.8) is 0 Å². The van der Waals surface area contributed by atoms with E-state index in [-0.39, 0.29) is 30.4 Å². The van der Waals surface area contributed by atoms with E-state index in [0.717, 1.165) is 42.9 Å². The van der Waals surface area contributed by atoms with Crippen LogP contribution in [0.5, 0.6) is 0 Å². The number of hydrogen-bond acceptors (Lipinski definition) is 5. The van der Waals surface area contributed by atoms with E-state index >= 15 is 0 Å². The largest absolute Gasteiger partial charge is 0.465 e. The predicted octanol–water partition coefficient (Wildman–Crippen LogP) is 5.38. The molecule has 0 radical (unpaired) electrons. The zero-order valence-corrected chi connectivity index (χ0v) is 24.8. The summed E-state index contributed by atoms with van der Waals surface area (Å²) in [5.41, 5.74) is -0.106. The molecule has 1 aromatic carbocycles. The zero-order chi connectivity index (χ0) is 28.1. The molecule has 7 heteroatoms. The van der Waals surface area contributed by atoms with Crippen molar-refractivity contribution in [1.82, 2.24) is 14.0 Å². The Morgan fingerprint density at radius 3 is 2.50 bits per heavy atom. The molecule has 9 atom stereocenters. The highest BCUT2D eigenvalue weighted by Gasteiger charge is 2.49. The lowest BCUT2D eigenvalue weighted by Crippen LogP contribution is -2.62. The Hall–Kier alpha value is -2.41. The van der Waals surface area contributed by atoms with Gasteiger partial charge >= 0.3 is 11.7 Å². The fourth-order valence-electron chi connectivity index (χ4n) is 9.46. The summed E-state index contributed by atoms with van der Waals surface area (Å²) >= 11 is 0. The molecule has 218 valence electrons. The first kappa shape index (κ1) is 27.7. The van der Waals surface area contributed by atoms with Crippen LogP contribution < -0.4 is 11.2 Å². The van der Waals surface area contributed by atoms with Gasteiger partial charge in [0.25, 0.3) is 5.56 Å². The molecule has 3 unspecified atom stereocenters. The fraction of sp³-hybridized carbons (Fsp3) is 0.727. The summed E-state index contributed by atoms with van der Waals surface area (Å²) in [6.07, 6.45) is 10.7. The average Bonchev–Trinajstić information content (AvgIpc) is 2.95. The van der Waals surface area contributed by atoms with Crippen LogP contribution in [0.3, 0.4) is 0 Å². The number of rotatable bonds is 6. The van der Waals surface area contributed by atoms with Gasteiger partial charge in [-0.2, -0.15) is 0 Å². The molecule has 7 nitrogen and oxygen atoms in total. The predicted molar refractivity (Wildman–Crippen MR) is 157 cm³/mol. The van der Waals surface area contributed by atoms with Crippen molar-refractivity contribution in [2.75, 3.05) is 6.61 Å². The Balaban J connectivity index is 1.33. The molecule has 0 amide bonds. The van der Waals surface area contributed by atoms with Crippen molar-refractivity contribution in [1.29, 1.82) is 0 Å². The standard InChI is InChI=1S/C33H47N3O4/c1-5-23-13-22-14-24(21(23)4)16-26(15-22)35-25-12-11-20(3)30(35)18-27(17-25)36-32(38)28-9-7-8-10-29(28)34(33(36)39)19-31(37)40-6-2/h7-10,20-27,30H,5-6,11-19H2,1-4H3/t20-,21-,22-,23?,24+,25+,26?,27?,30+/m1/s1. The highest BCUT2D eigenvalue weighted by atomic mass is 16.5.